The van der Waals surface area contributed by atoms with Gasteiger partial charge in [0.15, 0.2) is 0 Å². The predicted octanol–water partition coefficient (Wildman–Crippen LogP) is 3.65. The third-order valence-electron chi connectivity index (χ3n) is 6.53. The number of nitrogens with zero attached hydrogens (tertiary/aromatic N) is 2. The van der Waals surface area contributed by atoms with E-state index >= 15 is 0 Å². The number of sulfonamides is 1. The Morgan fingerprint density at radius 2 is 1.06 bits per heavy atom. The number of hydrogen-bond donors (Lipinski definition) is 0. The Kier molecular flexibility index (Phi) is 6.49. The van der Waals surface area contributed by atoms with E-state index in [4.69, 9.17) is 0 Å². The second kappa shape index (κ2) is 9.08. The van der Waals surface area contributed by atoms with Gasteiger partial charge in [0.1, 0.15) is 10.3 Å². The normalized spacial score (nSPS) is 15.7. The standard InChI is InChI=1S/C28H34N2O2SSi/c1-6-29(7-2)26-27(33(31,32)30(26)28(3,4)5)34(23-17-11-8-12-18-23,24-19-13-9-14-20-24)25-21-15-10-16-22-25/h8-22H,6-7H2,1-5H3. The molecule has 0 saturated carbocycles. The lowest BCUT2D eigenvalue weighted by atomic mass is 10.1. The monoisotopic (exact) mass is 490 g/mol. The van der Waals surface area contributed by atoms with Crippen LogP contribution in [0.25, 0.3) is 0 Å². The van der Waals surface area contributed by atoms with Crippen molar-refractivity contribution in [2.45, 2.75) is 40.2 Å². The van der Waals surface area contributed by atoms with Crippen molar-refractivity contribution in [1.82, 2.24) is 9.21 Å². The average molecular weight is 491 g/mol. The summed E-state index contributed by atoms with van der Waals surface area (Å²) >= 11 is 0. The van der Waals surface area contributed by atoms with Crippen LogP contribution in [0.1, 0.15) is 34.6 Å². The smallest absolute Gasteiger partial charge is 0.262 e. The lowest BCUT2D eigenvalue weighted by molar-refractivity contribution is 0.199. The molecular weight excluding hydrogens is 456 g/mol. The van der Waals surface area contributed by atoms with E-state index in [1.54, 1.807) is 4.31 Å². The van der Waals surface area contributed by atoms with E-state index in [0.717, 1.165) is 34.5 Å². The van der Waals surface area contributed by atoms with Crippen molar-refractivity contribution in [3.8, 4) is 0 Å². The molecular formula is C28H34N2O2SSi. The minimum atomic E-state index is -3.70. The lowest BCUT2D eigenvalue weighted by Gasteiger charge is -2.53. The highest BCUT2D eigenvalue weighted by molar-refractivity contribution is 7.97. The zero-order valence-electron chi connectivity index (χ0n) is 20.7. The Balaban J connectivity index is 2.24. The summed E-state index contributed by atoms with van der Waals surface area (Å²) in [6.07, 6.45) is 0. The van der Waals surface area contributed by atoms with Crippen molar-refractivity contribution >= 4 is 33.7 Å². The minimum Gasteiger partial charge on any atom is -0.357 e. The summed E-state index contributed by atoms with van der Waals surface area (Å²) in [6.45, 7) is 11.6. The van der Waals surface area contributed by atoms with Gasteiger partial charge >= 0.3 is 0 Å². The van der Waals surface area contributed by atoms with Crippen molar-refractivity contribution in [2.75, 3.05) is 13.1 Å². The van der Waals surface area contributed by atoms with Crippen LogP contribution in [-0.2, 0) is 10.0 Å². The molecule has 34 heavy (non-hydrogen) atoms. The summed E-state index contributed by atoms with van der Waals surface area (Å²) < 4.78 is 31.0. The predicted molar refractivity (Wildman–Crippen MR) is 144 cm³/mol. The zero-order chi connectivity index (χ0) is 24.6. The van der Waals surface area contributed by atoms with Crippen LogP contribution in [0.4, 0.5) is 0 Å². The zero-order valence-corrected chi connectivity index (χ0v) is 22.5. The quantitative estimate of drug-likeness (QED) is 0.375. The molecule has 0 N–H and O–H groups in total. The molecule has 178 valence electrons. The van der Waals surface area contributed by atoms with Crippen LogP contribution in [0.5, 0.6) is 0 Å². The maximum Gasteiger partial charge on any atom is 0.262 e. The molecule has 3 aromatic rings. The Morgan fingerprint density at radius 1 is 0.706 bits per heavy atom. The first-order valence-electron chi connectivity index (χ1n) is 11.9. The van der Waals surface area contributed by atoms with Gasteiger partial charge in [0.05, 0.1) is 0 Å². The molecule has 6 heteroatoms. The highest BCUT2D eigenvalue weighted by Crippen LogP contribution is 2.45. The van der Waals surface area contributed by atoms with Gasteiger partial charge in [0.2, 0.25) is 8.07 Å². The molecule has 0 amide bonds. The Hall–Kier alpha value is -2.83. The van der Waals surface area contributed by atoms with Gasteiger partial charge in [-0.05, 0) is 50.2 Å². The molecule has 0 spiro atoms. The Bertz CT molecular complexity index is 1170. The van der Waals surface area contributed by atoms with Crippen LogP contribution < -0.4 is 15.6 Å². The van der Waals surface area contributed by atoms with Gasteiger partial charge in [0.25, 0.3) is 10.0 Å². The first kappa shape index (κ1) is 24.3. The largest absolute Gasteiger partial charge is 0.357 e. The number of benzene rings is 3. The third-order valence-corrected chi connectivity index (χ3v) is 14.6. The molecule has 0 aliphatic carbocycles. The van der Waals surface area contributed by atoms with Gasteiger partial charge < -0.3 is 4.90 Å². The molecule has 0 aromatic heterocycles. The molecule has 0 unspecified atom stereocenters. The van der Waals surface area contributed by atoms with Gasteiger partial charge in [-0.2, -0.15) is 0 Å². The third kappa shape index (κ3) is 3.69. The van der Waals surface area contributed by atoms with E-state index in [1.807, 2.05) is 75.4 Å². The fraction of sp³-hybridized carbons (Fsp3) is 0.286. The molecule has 0 bridgehead atoms. The molecule has 0 saturated heterocycles. The van der Waals surface area contributed by atoms with E-state index in [1.165, 1.54) is 0 Å². The van der Waals surface area contributed by atoms with Gasteiger partial charge in [-0.1, -0.05) is 91.0 Å². The number of rotatable bonds is 7. The molecule has 1 aliphatic rings. The lowest BCUT2D eigenvalue weighted by Crippen LogP contribution is -2.75. The van der Waals surface area contributed by atoms with Gasteiger partial charge in [-0.25, -0.2) is 12.7 Å². The van der Waals surface area contributed by atoms with Crippen molar-refractivity contribution in [1.29, 1.82) is 0 Å². The molecule has 4 nitrogen and oxygen atoms in total. The van der Waals surface area contributed by atoms with Gasteiger partial charge in [-0.15, -0.1) is 0 Å². The average Bonchev–Trinajstić information content (AvgIpc) is 2.83. The molecule has 1 heterocycles. The summed E-state index contributed by atoms with van der Waals surface area (Å²) in [5, 5.41) is 3.22. The molecule has 0 atom stereocenters. The second-order valence-electron chi connectivity index (χ2n) is 9.61. The molecule has 0 radical (unpaired) electrons. The Morgan fingerprint density at radius 3 is 1.35 bits per heavy atom. The maximum absolute atomic E-state index is 14.4. The summed E-state index contributed by atoms with van der Waals surface area (Å²) in [5.41, 5.74) is -0.565. The van der Waals surface area contributed by atoms with Crippen molar-refractivity contribution in [3.05, 3.63) is 101 Å². The minimum absolute atomic E-state index is 0.565. The first-order valence-corrected chi connectivity index (χ1v) is 15.4. The van der Waals surface area contributed by atoms with Crippen LogP contribution in [-0.4, -0.2) is 44.3 Å². The second-order valence-corrected chi connectivity index (χ2v) is 15.4. The van der Waals surface area contributed by atoms with Crippen LogP contribution in [0.15, 0.2) is 101 Å². The van der Waals surface area contributed by atoms with Crippen molar-refractivity contribution in [3.63, 3.8) is 0 Å². The van der Waals surface area contributed by atoms with E-state index in [0.29, 0.717) is 4.53 Å². The van der Waals surface area contributed by atoms with E-state index in [-0.39, 0.29) is 0 Å². The molecule has 0 fully saturated rings. The van der Waals surface area contributed by atoms with Gasteiger partial charge in [0, 0.05) is 18.6 Å². The first-order chi connectivity index (χ1) is 16.2. The summed E-state index contributed by atoms with van der Waals surface area (Å²) in [5.74, 6) is 0.848. The SMILES string of the molecule is CCN(CC)C1=C([Si](c2ccccc2)(c2ccccc2)c2ccccc2)S(=O)(=O)N1C(C)(C)C. The van der Waals surface area contributed by atoms with Crippen LogP contribution >= 0.6 is 0 Å². The summed E-state index contributed by atoms with van der Waals surface area (Å²) in [6, 6.07) is 30.7. The van der Waals surface area contributed by atoms with E-state index in [2.05, 4.69) is 55.1 Å². The van der Waals surface area contributed by atoms with Crippen LogP contribution in [0.3, 0.4) is 0 Å². The number of hydrogen-bond acceptors (Lipinski definition) is 3. The fourth-order valence-electron chi connectivity index (χ4n) is 5.17. The van der Waals surface area contributed by atoms with E-state index in [9.17, 15) is 8.42 Å². The maximum atomic E-state index is 14.4. The summed E-state index contributed by atoms with van der Waals surface area (Å²) in [7, 11) is -6.85. The van der Waals surface area contributed by atoms with Crippen molar-refractivity contribution in [2.24, 2.45) is 0 Å². The van der Waals surface area contributed by atoms with Gasteiger partial charge in [-0.3, -0.25) is 0 Å². The van der Waals surface area contributed by atoms with Crippen LogP contribution in [0, 0.1) is 0 Å². The topological polar surface area (TPSA) is 40.6 Å². The van der Waals surface area contributed by atoms with Crippen LogP contribution in [0.2, 0.25) is 0 Å². The molecule has 4 rings (SSSR count). The summed E-state index contributed by atoms with van der Waals surface area (Å²) in [4.78, 5) is 2.21. The van der Waals surface area contributed by atoms with Crippen molar-refractivity contribution < 1.29 is 8.42 Å². The Labute approximate surface area is 205 Å². The van der Waals surface area contributed by atoms with E-state index < -0.39 is 23.6 Å². The fourth-order valence-corrected chi connectivity index (χ4v) is 14.3. The highest BCUT2D eigenvalue weighted by Gasteiger charge is 2.61. The highest BCUT2D eigenvalue weighted by atomic mass is 32.2. The molecule has 1 aliphatic heterocycles. The molecule has 3 aromatic carbocycles.